The number of nitrogens with one attached hydrogen (secondary N) is 2. The Morgan fingerprint density at radius 3 is 2.58 bits per heavy atom. The summed E-state index contributed by atoms with van der Waals surface area (Å²) in [6, 6.07) is 7.90. The summed E-state index contributed by atoms with van der Waals surface area (Å²) in [4.78, 5) is 40.1. The van der Waals surface area contributed by atoms with Crippen molar-refractivity contribution in [2.75, 3.05) is 41.4 Å². The lowest BCUT2D eigenvalue weighted by Gasteiger charge is -2.34. The van der Waals surface area contributed by atoms with E-state index in [1.54, 1.807) is 29.2 Å². The third-order valence-electron chi connectivity index (χ3n) is 9.89. The van der Waals surface area contributed by atoms with Gasteiger partial charge in [-0.05, 0) is 75.6 Å². The van der Waals surface area contributed by atoms with Crippen molar-refractivity contribution in [1.82, 2.24) is 14.7 Å². The van der Waals surface area contributed by atoms with Crippen LogP contribution in [-0.2, 0) is 19.6 Å². The van der Waals surface area contributed by atoms with Crippen LogP contribution < -0.4 is 19.8 Å². The Morgan fingerprint density at radius 2 is 1.78 bits per heavy atom. The van der Waals surface area contributed by atoms with Gasteiger partial charge < -0.3 is 15.0 Å². The van der Waals surface area contributed by atoms with E-state index in [1.165, 1.54) is 44.6 Å². The van der Waals surface area contributed by atoms with Crippen molar-refractivity contribution < 1.29 is 22.7 Å². The van der Waals surface area contributed by atoms with E-state index in [0.29, 0.717) is 62.0 Å². The van der Waals surface area contributed by atoms with Crippen LogP contribution in [0.1, 0.15) is 94.8 Å². The second kappa shape index (κ2) is 13.2. The largest absolute Gasteiger partial charge is 0.370 e. The van der Waals surface area contributed by atoms with E-state index in [-0.39, 0.29) is 22.0 Å². The highest BCUT2D eigenvalue weighted by atomic mass is 32.2. The molecule has 4 bridgehead atoms. The second-order valence-electron chi connectivity index (χ2n) is 13.7. The minimum absolute atomic E-state index is 0.121. The fourth-order valence-electron chi connectivity index (χ4n) is 7.49. The average Bonchev–Trinajstić information content (AvgIpc) is 3.39. The highest BCUT2D eigenvalue weighted by Gasteiger charge is 2.42. The first kappa shape index (κ1) is 31.7. The van der Waals surface area contributed by atoms with E-state index < -0.39 is 22.0 Å². The number of sulfonamides is 1. The van der Waals surface area contributed by atoms with Crippen molar-refractivity contribution in [3.63, 3.8) is 0 Å². The number of amides is 2. The third kappa shape index (κ3) is 7.11. The normalized spacial score (nSPS) is 25.5. The second-order valence-corrected chi connectivity index (χ2v) is 15.3. The topological polar surface area (TPSA) is 134 Å². The van der Waals surface area contributed by atoms with Crippen LogP contribution in [0.5, 0.6) is 0 Å². The Kier molecular flexibility index (Phi) is 9.33. The first-order valence-corrected chi connectivity index (χ1v) is 18.1. The Balaban J connectivity index is 1.25. The molecule has 11 nitrogen and oxygen atoms in total. The highest BCUT2D eigenvalue weighted by Crippen LogP contribution is 2.40. The summed E-state index contributed by atoms with van der Waals surface area (Å²) in [5, 5.41) is 2.98. The number of fused-ring (bicyclic) bond motifs is 6. The van der Waals surface area contributed by atoms with Gasteiger partial charge in [-0.25, -0.2) is 14.7 Å². The van der Waals surface area contributed by atoms with Gasteiger partial charge in [-0.2, -0.15) is 8.42 Å². The monoisotopic (exact) mass is 638 g/mol. The molecule has 1 saturated carbocycles. The number of rotatable bonds is 5. The summed E-state index contributed by atoms with van der Waals surface area (Å²) >= 11 is 0. The smallest absolute Gasteiger partial charge is 0.281 e. The molecule has 4 aliphatic rings. The van der Waals surface area contributed by atoms with Gasteiger partial charge in [-0.3, -0.25) is 14.5 Å². The first-order valence-electron chi connectivity index (χ1n) is 16.6. The molecule has 2 saturated heterocycles. The summed E-state index contributed by atoms with van der Waals surface area (Å²) in [6.45, 7) is 6.62. The molecule has 244 valence electrons. The quantitative estimate of drug-likeness (QED) is 0.439. The van der Waals surface area contributed by atoms with E-state index in [1.807, 2.05) is 0 Å². The number of hydrogen-bond acceptors (Lipinski definition) is 9. The number of nitrogens with zero attached hydrogens (tertiary/aromatic N) is 4. The number of anilines is 3. The molecule has 2 unspecified atom stereocenters. The fourth-order valence-corrected chi connectivity index (χ4v) is 8.42. The summed E-state index contributed by atoms with van der Waals surface area (Å²) < 4.78 is 34.8. The van der Waals surface area contributed by atoms with Crippen LogP contribution >= 0.6 is 0 Å². The molecule has 2 atom stereocenters. The van der Waals surface area contributed by atoms with Crippen molar-refractivity contribution in [2.24, 2.45) is 11.8 Å². The maximum atomic E-state index is 13.7. The lowest BCUT2D eigenvalue weighted by molar-refractivity contribution is -0.127. The van der Waals surface area contributed by atoms with Gasteiger partial charge >= 0.3 is 0 Å². The number of ether oxygens (including phenoxy) is 1. The Labute approximate surface area is 266 Å². The number of pyridine rings is 2. The van der Waals surface area contributed by atoms with Gasteiger partial charge in [0, 0.05) is 38.2 Å². The molecule has 2 N–H and O–H groups in total. The van der Waals surface area contributed by atoms with Crippen LogP contribution in [0.4, 0.5) is 17.5 Å². The highest BCUT2D eigenvalue weighted by molar-refractivity contribution is 7.90. The zero-order valence-corrected chi connectivity index (χ0v) is 27.3. The molecule has 0 radical (unpaired) electrons. The molecule has 3 fully saturated rings. The minimum Gasteiger partial charge on any atom is -0.370 e. The molecule has 1 aliphatic carbocycles. The molecule has 2 aromatic heterocycles. The lowest BCUT2D eigenvalue weighted by Crippen LogP contribution is -2.41. The molecular weight excluding hydrogens is 592 g/mol. The Morgan fingerprint density at radius 1 is 0.978 bits per heavy atom. The maximum absolute atomic E-state index is 13.7. The molecule has 5 heterocycles. The number of carbonyl (C=O) groups excluding carboxylic acids is 2. The zero-order valence-electron chi connectivity index (χ0n) is 26.5. The van der Waals surface area contributed by atoms with Crippen LogP contribution in [-0.4, -0.2) is 68.1 Å². The van der Waals surface area contributed by atoms with Crippen LogP contribution in [0.25, 0.3) is 0 Å². The summed E-state index contributed by atoms with van der Waals surface area (Å²) in [5.41, 5.74) is -0.192. The fraction of sp³-hybridized carbons (Fsp3) is 0.636. The van der Waals surface area contributed by atoms with Gasteiger partial charge in [0.05, 0.1) is 5.56 Å². The Bertz CT molecular complexity index is 1510. The van der Waals surface area contributed by atoms with E-state index in [9.17, 15) is 18.0 Å². The van der Waals surface area contributed by atoms with Gasteiger partial charge in [0.25, 0.3) is 21.8 Å². The van der Waals surface area contributed by atoms with E-state index in [4.69, 9.17) is 9.72 Å². The average molecular weight is 639 g/mol. The molecular formula is C33H46N6O5S. The maximum Gasteiger partial charge on any atom is 0.281 e. The summed E-state index contributed by atoms with van der Waals surface area (Å²) in [6.07, 6.45) is 11.5. The van der Waals surface area contributed by atoms with Crippen LogP contribution in [0.3, 0.4) is 0 Å². The molecule has 45 heavy (non-hydrogen) atoms. The van der Waals surface area contributed by atoms with Crippen LogP contribution in [0.15, 0.2) is 35.4 Å². The molecule has 2 aromatic rings. The van der Waals surface area contributed by atoms with Gasteiger partial charge in [-0.15, -0.1) is 0 Å². The van der Waals surface area contributed by atoms with E-state index in [2.05, 4.69) is 33.8 Å². The van der Waals surface area contributed by atoms with Crippen molar-refractivity contribution in [1.29, 1.82) is 0 Å². The van der Waals surface area contributed by atoms with Crippen LogP contribution in [0.2, 0.25) is 0 Å². The minimum atomic E-state index is -4.25. The van der Waals surface area contributed by atoms with Crippen molar-refractivity contribution in [2.45, 2.75) is 101 Å². The molecule has 6 rings (SSSR count). The van der Waals surface area contributed by atoms with E-state index >= 15 is 0 Å². The van der Waals surface area contributed by atoms with Gasteiger partial charge in [-0.1, -0.05) is 44.6 Å². The summed E-state index contributed by atoms with van der Waals surface area (Å²) in [7, 11) is -4.25. The standard InChI is InChI=1S/C33H46N6O5S/c1-33(2)21-24-11-8-18-34-27-12-7-13-29(35-27)45(42,43)37-31(40)25-14-15-28(36-30(25)39(33)22-24)38-19-16-26(32(38)41)44-20-17-23-9-5-3-4-6-10-23/h7,12-15,23-24,26H,3-6,8-11,16-22H2,1-2H3,(H,34,35)(H,37,40). The van der Waals surface area contributed by atoms with E-state index in [0.717, 1.165) is 25.7 Å². The SMILES string of the molecule is CC1(C)CC2CCCNc3cccc(n3)S(=O)(=O)NC(=O)c3ccc(N4CCC(OCCC5CCCCCC5)C4=O)nc3N1C2. The predicted octanol–water partition coefficient (Wildman–Crippen LogP) is 4.89. The van der Waals surface area contributed by atoms with Crippen molar-refractivity contribution in [3.05, 3.63) is 35.9 Å². The first-order chi connectivity index (χ1) is 21.6. The third-order valence-corrected chi connectivity index (χ3v) is 11.1. The number of aromatic nitrogens is 2. The molecule has 3 aliphatic heterocycles. The van der Waals surface area contributed by atoms with Gasteiger partial charge in [0.1, 0.15) is 23.6 Å². The molecule has 0 spiro atoms. The predicted molar refractivity (Wildman–Crippen MR) is 173 cm³/mol. The molecule has 12 heteroatoms. The Hall–Kier alpha value is -3.25. The number of hydrogen-bond donors (Lipinski definition) is 2. The van der Waals surface area contributed by atoms with Crippen LogP contribution in [0, 0.1) is 11.8 Å². The van der Waals surface area contributed by atoms with Crippen molar-refractivity contribution >= 4 is 39.3 Å². The van der Waals surface area contributed by atoms with Gasteiger partial charge in [0.15, 0.2) is 5.03 Å². The molecule has 2 amide bonds. The number of carbonyl (C=O) groups is 2. The zero-order chi connectivity index (χ0) is 31.6. The van der Waals surface area contributed by atoms with Gasteiger partial charge in [0.2, 0.25) is 0 Å². The van der Waals surface area contributed by atoms with Crippen molar-refractivity contribution in [3.8, 4) is 0 Å². The summed E-state index contributed by atoms with van der Waals surface area (Å²) in [5.74, 6) is 1.40. The molecule has 0 aromatic carbocycles. The lowest BCUT2D eigenvalue weighted by atomic mass is 9.93.